The molecule has 8 heteroatoms. The molecule has 1 aromatic rings. The molecule has 2 heterocycles. The Balaban J connectivity index is 1.85. The van der Waals surface area contributed by atoms with Gasteiger partial charge in [0.2, 0.25) is 5.91 Å². The lowest BCUT2D eigenvalue weighted by atomic mass is 10.1. The number of piperazine rings is 1. The van der Waals surface area contributed by atoms with Crippen LogP contribution in [0, 0.1) is 11.6 Å². The van der Waals surface area contributed by atoms with Gasteiger partial charge in [0, 0.05) is 24.7 Å². The monoisotopic (exact) mass is 330 g/mol. The molecule has 0 spiro atoms. The van der Waals surface area contributed by atoms with Crippen LogP contribution in [-0.4, -0.2) is 47.3 Å². The van der Waals surface area contributed by atoms with Crippen molar-refractivity contribution in [1.82, 2.24) is 9.80 Å². The molecular formula is C15H14F4N2O2. The summed E-state index contributed by atoms with van der Waals surface area (Å²) in [5.41, 5.74) is -1.72. The molecule has 1 unspecified atom stereocenters. The van der Waals surface area contributed by atoms with Gasteiger partial charge in [0.1, 0.15) is 18.2 Å². The fraction of sp³-hybridized carbons (Fsp3) is 0.467. The van der Waals surface area contributed by atoms with Crippen LogP contribution in [-0.2, 0) is 4.79 Å². The van der Waals surface area contributed by atoms with Gasteiger partial charge in [0.05, 0.1) is 5.56 Å². The summed E-state index contributed by atoms with van der Waals surface area (Å²) in [5, 5.41) is 0. The maximum absolute atomic E-state index is 13.6. The topological polar surface area (TPSA) is 40.6 Å². The summed E-state index contributed by atoms with van der Waals surface area (Å²) < 4.78 is 52.3. The summed E-state index contributed by atoms with van der Waals surface area (Å²) in [6, 6.07) is 1.10. The lowest BCUT2D eigenvalue weighted by Crippen LogP contribution is -2.55. The van der Waals surface area contributed by atoms with Crippen LogP contribution in [0.1, 0.15) is 35.2 Å². The van der Waals surface area contributed by atoms with Crippen LogP contribution in [0.3, 0.4) is 0 Å². The Kier molecular flexibility index (Phi) is 3.99. The number of carbonyl (C=O) groups excluding carboxylic acids is 2. The van der Waals surface area contributed by atoms with Crippen molar-refractivity contribution in [3.8, 4) is 0 Å². The van der Waals surface area contributed by atoms with Crippen molar-refractivity contribution in [1.29, 1.82) is 0 Å². The first kappa shape index (κ1) is 15.8. The molecule has 23 heavy (non-hydrogen) atoms. The number of fused-ring (bicyclic) bond motifs is 1. The number of nitrogens with zero attached hydrogens (tertiary/aromatic N) is 2. The lowest BCUT2D eigenvalue weighted by Gasteiger charge is -2.37. The van der Waals surface area contributed by atoms with Crippen molar-refractivity contribution in [3.05, 3.63) is 34.9 Å². The van der Waals surface area contributed by atoms with Gasteiger partial charge in [-0.2, -0.15) is 0 Å². The summed E-state index contributed by atoms with van der Waals surface area (Å²) >= 11 is 0. The molecule has 2 aliphatic rings. The van der Waals surface area contributed by atoms with Crippen LogP contribution in [0.2, 0.25) is 0 Å². The van der Waals surface area contributed by atoms with E-state index in [4.69, 9.17) is 0 Å². The minimum absolute atomic E-state index is 0.0877. The Morgan fingerprint density at radius 1 is 1.22 bits per heavy atom. The number of benzene rings is 1. The van der Waals surface area contributed by atoms with Crippen molar-refractivity contribution in [2.24, 2.45) is 0 Å². The largest absolute Gasteiger partial charge is 0.336 e. The molecule has 0 aliphatic carbocycles. The number of rotatable bonds is 2. The molecule has 0 radical (unpaired) electrons. The van der Waals surface area contributed by atoms with Gasteiger partial charge in [-0.05, 0) is 25.0 Å². The molecule has 0 N–H and O–H groups in total. The zero-order valence-electron chi connectivity index (χ0n) is 12.1. The number of alkyl halides is 2. The molecule has 2 amide bonds. The standard InChI is InChI=1S/C15H14F4N2O2/c16-10-4-8(5-11(17)13(10)14(18)19)15(23)20-6-9-2-1-3-21(9)12(22)7-20/h4-5,9,14H,1-3,6-7H2. The minimum Gasteiger partial charge on any atom is -0.336 e. The molecule has 2 fully saturated rings. The highest BCUT2D eigenvalue weighted by Crippen LogP contribution is 2.28. The highest BCUT2D eigenvalue weighted by atomic mass is 19.3. The molecule has 0 aromatic heterocycles. The molecule has 0 bridgehead atoms. The van der Waals surface area contributed by atoms with E-state index in [2.05, 4.69) is 0 Å². The minimum atomic E-state index is -3.30. The molecule has 1 atom stereocenters. The van der Waals surface area contributed by atoms with Gasteiger partial charge in [-0.3, -0.25) is 9.59 Å². The van der Waals surface area contributed by atoms with E-state index >= 15 is 0 Å². The average Bonchev–Trinajstić information content (AvgIpc) is 2.94. The molecule has 124 valence electrons. The quantitative estimate of drug-likeness (QED) is 0.781. The number of carbonyl (C=O) groups is 2. The molecular weight excluding hydrogens is 316 g/mol. The van der Waals surface area contributed by atoms with Crippen LogP contribution < -0.4 is 0 Å². The predicted molar refractivity (Wildman–Crippen MR) is 72.0 cm³/mol. The highest BCUT2D eigenvalue weighted by Gasteiger charge is 2.37. The van der Waals surface area contributed by atoms with Gasteiger partial charge in [-0.15, -0.1) is 0 Å². The van der Waals surface area contributed by atoms with Gasteiger partial charge >= 0.3 is 0 Å². The summed E-state index contributed by atoms with van der Waals surface area (Å²) in [6.45, 7) is 0.761. The number of halogens is 4. The molecule has 2 aliphatic heterocycles. The third kappa shape index (κ3) is 2.77. The van der Waals surface area contributed by atoms with E-state index in [0.717, 1.165) is 12.8 Å². The van der Waals surface area contributed by atoms with E-state index in [1.165, 1.54) is 4.90 Å². The van der Waals surface area contributed by atoms with Crippen LogP contribution in [0.15, 0.2) is 12.1 Å². The number of amides is 2. The zero-order valence-corrected chi connectivity index (χ0v) is 12.1. The summed E-state index contributed by atoms with van der Waals surface area (Å²) in [7, 11) is 0. The predicted octanol–water partition coefficient (Wildman–Crippen LogP) is 2.35. The van der Waals surface area contributed by atoms with Crippen LogP contribution >= 0.6 is 0 Å². The smallest absolute Gasteiger partial charge is 0.269 e. The first-order valence-electron chi connectivity index (χ1n) is 7.24. The van der Waals surface area contributed by atoms with Gasteiger partial charge < -0.3 is 9.80 Å². The van der Waals surface area contributed by atoms with Crippen LogP contribution in [0.25, 0.3) is 0 Å². The van der Waals surface area contributed by atoms with Crippen molar-refractivity contribution in [2.45, 2.75) is 25.3 Å². The van der Waals surface area contributed by atoms with Gasteiger partial charge in [-0.25, -0.2) is 17.6 Å². The molecule has 2 saturated heterocycles. The first-order chi connectivity index (χ1) is 10.9. The Morgan fingerprint density at radius 3 is 2.48 bits per heavy atom. The fourth-order valence-electron chi connectivity index (χ4n) is 3.18. The molecule has 4 nitrogen and oxygen atoms in total. The molecule has 3 rings (SSSR count). The highest BCUT2D eigenvalue weighted by molar-refractivity contribution is 5.97. The van der Waals surface area contributed by atoms with Crippen molar-refractivity contribution < 1.29 is 27.2 Å². The van der Waals surface area contributed by atoms with E-state index in [-0.39, 0.29) is 30.6 Å². The average molecular weight is 330 g/mol. The second-order valence-corrected chi connectivity index (χ2v) is 5.72. The number of hydrogen-bond acceptors (Lipinski definition) is 2. The van der Waals surface area contributed by atoms with Crippen LogP contribution in [0.5, 0.6) is 0 Å². The second-order valence-electron chi connectivity index (χ2n) is 5.72. The van der Waals surface area contributed by atoms with Gasteiger partial charge in [0.15, 0.2) is 0 Å². The third-order valence-corrected chi connectivity index (χ3v) is 4.29. The van der Waals surface area contributed by atoms with Crippen molar-refractivity contribution in [2.75, 3.05) is 19.6 Å². The summed E-state index contributed by atoms with van der Waals surface area (Å²) in [5.74, 6) is -3.87. The maximum atomic E-state index is 13.6. The van der Waals surface area contributed by atoms with E-state index in [9.17, 15) is 27.2 Å². The van der Waals surface area contributed by atoms with Gasteiger partial charge in [-0.1, -0.05) is 0 Å². The Hall–Kier alpha value is -2.12. The zero-order chi connectivity index (χ0) is 16.7. The Bertz CT molecular complexity index is 642. The van der Waals surface area contributed by atoms with E-state index in [1.54, 1.807) is 4.90 Å². The second kappa shape index (κ2) is 5.82. The molecule has 1 aromatic carbocycles. The van der Waals surface area contributed by atoms with E-state index in [0.29, 0.717) is 18.7 Å². The summed E-state index contributed by atoms with van der Waals surface area (Å²) in [4.78, 5) is 27.3. The Labute approximate surface area is 129 Å². The van der Waals surface area contributed by atoms with Crippen molar-refractivity contribution in [3.63, 3.8) is 0 Å². The molecule has 0 saturated carbocycles. The fourth-order valence-corrected chi connectivity index (χ4v) is 3.18. The van der Waals surface area contributed by atoms with Crippen LogP contribution in [0.4, 0.5) is 17.6 Å². The van der Waals surface area contributed by atoms with E-state index in [1.807, 2.05) is 0 Å². The third-order valence-electron chi connectivity index (χ3n) is 4.29. The lowest BCUT2D eigenvalue weighted by molar-refractivity contribution is -0.136. The first-order valence-corrected chi connectivity index (χ1v) is 7.24. The van der Waals surface area contributed by atoms with Gasteiger partial charge in [0.25, 0.3) is 12.3 Å². The maximum Gasteiger partial charge on any atom is 0.269 e. The van der Waals surface area contributed by atoms with Crippen molar-refractivity contribution >= 4 is 11.8 Å². The SMILES string of the molecule is O=C(c1cc(F)c(C(F)F)c(F)c1)N1CC(=O)N2CCCC2C1. The van der Waals surface area contributed by atoms with E-state index < -0.39 is 29.5 Å². The number of hydrogen-bond donors (Lipinski definition) is 0. The summed E-state index contributed by atoms with van der Waals surface area (Å²) in [6.07, 6.45) is -1.68. The normalized spacial score (nSPS) is 21.1. The Morgan fingerprint density at radius 2 is 1.87 bits per heavy atom.